The second-order valence-electron chi connectivity index (χ2n) is 6.38. The van der Waals surface area contributed by atoms with Crippen LogP contribution in [0.5, 0.6) is 17.4 Å². The molecule has 27 heavy (non-hydrogen) atoms. The average molecular weight is 363 g/mol. The van der Waals surface area contributed by atoms with E-state index in [2.05, 4.69) is 9.97 Å². The van der Waals surface area contributed by atoms with Crippen molar-refractivity contribution < 1.29 is 14.2 Å². The first-order valence-corrected chi connectivity index (χ1v) is 8.84. The predicted octanol–water partition coefficient (Wildman–Crippen LogP) is 3.38. The van der Waals surface area contributed by atoms with Crippen LogP contribution in [0.25, 0.3) is 11.3 Å². The Balaban J connectivity index is 1.58. The van der Waals surface area contributed by atoms with Crippen LogP contribution in [-0.2, 0) is 0 Å². The number of aromatic nitrogens is 2. The van der Waals surface area contributed by atoms with Crippen molar-refractivity contribution >= 4 is 0 Å². The summed E-state index contributed by atoms with van der Waals surface area (Å²) in [5.41, 5.74) is 8.95. The Morgan fingerprint density at radius 2 is 2.07 bits per heavy atom. The zero-order chi connectivity index (χ0) is 18.6. The van der Waals surface area contributed by atoms with Gasteiger partial charge in [-0.1, -0.05) is 18.2 Å². The molecule has 0 spiro atoms. The number of nitrogens with two attached hydrogens (primary N) is 1. The highest BCUT2D eigenvalue weighted by atomic mass is 16.6. The van der Waals surface area contributed by atoms with Crippen LogP contribution in [0.1, 0.15) is 18.0 Å². The molecule has 2 atom stereocenters. The molecule has 3 aromatic rings. The van der Waals surface area contributed by atoms with Crippen molar-refractivity contribution in [1.29, 1.82) is 0 Å². The van der Waals surface area contributed by atoms with Gasteiger partial charge in [0, 0.05) is 36.5 Å². The Kier molecular flexibility index (Phi) is 4.89. The normalized spacial score (nSPS) is 16.6. The molecule has 6 nitrogen and oxygen atoms in total. The molecule has 0 aliphatic carbocycles. The van der Waals surface area contributed by atoms with Crippen LogP contribution in [0.2, 0.25) is 0 Å². The molecule has 138 valence electrons. The van der Waals surface area contributed by atoms with Crippen molar-refractivity contribution in [3.05, 3.63) is 66.5 Å². The van der Waals surface area contributed by atoms with Crippen LogP contribution in [0.4, 0.5) is 0 Å². The van der Waals surface area contributed by atoms with Gasteiger partial charge in [0.15, 0.2) is 11.5 Å². The number of fused-ring (bicyclic) bond motifs is 1. The molecular formula is C21H21N3O3. The first kappa shape index (κ1) is 17.3. The fourth-order valence-electron chi connectivity index (χ4n) is 3.15. The lowest BCUT2D eigenvalue weighted by atomic mass is 10.0. The summed E-state index contributed by atoms with van der Waals surface area (Å²) in [4.78, 5) is 8.65. The highest BCUT2D eigenvalue weighted by Gasteiger charge is 2.26. The first-order valence-electron chi connectivity index (χ1n) is 8.84. The second-order valence-corrected chi connectivity index (χ2v) is 6.38. The minimum Gasteiger partial charge on any atom is -0.486 e. The van der Waals surface area contributed by atoms with E-state index in [1.165, 1.54) is 0 Å². The van der Waals surface area contributed by atoms with Gasteiger partial charge < -0.3 is 19.9 Å². The lowest BCUT2D eigenvalue weighted by Gasteiger charge is -2.29. The van der Waals surface area contributed by atoms with Crippen molar-refractivity contribution in [2.75, 3.05) is 13.7 Å². The van der Waals surface area contributed by atoms with E-state index in [9.17, 15) is 0 Å². The van der Waals surface area contributed by atoms with E-state index >= 15 is 0 Å². The Labute approximate surface area is 157 Å². The summed E-state index contributed by atoms with van der Waals surface area (Å²) in [7, 11) is 1.60. The summed E-state index contributed by atoms with van der Waals surface area (Å²) >= 11 is 0. The number of para-hydroxylation sites is 1. The highest BCUT2D eigenvalue weighted by Crippen LogP contribution is 2.41. The van der Waals surface area contributed by atoms with Crippen LogP contribution in [-0.4, -0.2) is 29.8 Å². The number of nitrogens with zero attached hydrogens (tertiary/aromatic N) is 2. The van der Waals surface area contributed by atoms with E-state index in [0.29, 0.717) is 30.4 Å². The van der Waals surface area contributed by atoms with Crippen LogP contribution in [0.15, 0.2) is 60.9 Å². The smallest absolute Gasteiger partial charge is 0.213 e. The van der Waals surface area contributed by atoms with Crippen molar-refractivity contribution in [1.82, 2.24) is 9.97 Å². The number of rotatable bonds is 5. The first-order chi connectivity index (χ1) is 13.2. The summed E-state index contributed by atoms with van der Waals surface area (Å²) in [6.07, 6.45) is 4.00. The summed E-state index contributed by atoms with van der Waals surface area (Å²) in [5, 5.41) is 0. The van der Waals surface area contributed by atoms with Gasteiger partial charge in [-0.25, -0.2) is 4.98 Å². The van der Waals surface area contributed by atoms with Crippen molar-refractivity contribution in [3.8, 4) is 28.6 Å². The van der Waals surface area contributed by atoms with E-state index in [4.69, 9.17) is 19.9 Å². The van der Waals surface area contributed by atoms with Crippen LogP contribution in [0.3, 0.4) is 0 Å². The number of benzene rings is 1. The quantitative estimate of drug-likeness (QED) is 0.749. The summed E-state index contributed by atoms with van der Waals surface area (Å²) in [5.74, 6) is 1.95. The molecule has 2 unspecified atom stereocenters. The van der Waals surface area contributed by atoms with Gasteiger partial charge in [-0.2, -0.15) is 0 Å². The minimum atomic E-state index is -0.170. The summed E-state index contributed by atoms with van der Waals surface area (Å²) in [6, 6.07) is 15.1. The number of hydrogen-bond acceptors (Lipinski definition) is 6. The topological polar surface area (TPSA) is 79.5 Å². The minimum absolute atomic E-state index is 0.153. The lowest BCUT2D eigenvalue weighted by molar-refractivity contribution is 0.0804. The molecule has 2 aromatic heterocycles. The van der Waals surface area contributed by atoms with E-state index in [-0.39, 0.29) is 12.1 Å². The molecule has 3 heterocycles. The third-order valence-electron chi connectivity index (χ3n) is 4.53. The van der Waals surface area contributed by atoms with Gasteiger partial charge >= 0.3 is 0 Å². The van der Waals surface area contributed by atoms with Gasteiger partial charge in [0.2, 0.25) is 5.88 Å². The van der Waals surface area contributed by atoms with Gasteiger partial charge in [0.1, 0.15) is 12.7 Å². The molecule has 2 N–H and O–H groups in total. The zero-order valence-corrected chi connectivity index (χ0v) is 15.0. The molecular weight excluding hydrogens is 342 g/mol. The largest absolute Gasteiger partial charge is 0.486 e. The van der Waals surface area contributed by atoms with Crippen LogP contribution in [0, 0.1) is 0 Å². The van der Waals surface area contributed by atoms with E-state index < -0.39 is 0 Å². The summed E-state index contributed by atoms with van der Waals surface area (Å²) in [6.45, 7) is 0.454. The molecule has 0 saturated carbocycles. The Bertz CT molecular complexity index is 918. The lowest BCUT2D eigenvalue weighted by Crippen LogP contribution is -2.32. The number of hydrogen-bond donors (Lipinski definition) is 1. The van der Waals surface area contributed by atoms with Crippen molar-refractivity contribution in [3.63, 3.8) is 0 Å². The Morgan fingerprint density at radius 1 is 1.19 bits per heavy atom. The van der Waals surface area contributed by atoms with Crippen LogP contribution >= 0.6 is 0 Å². The molecule has 0 amide bonds. The Morgan fingerprint density at radius 3 is 2.89 bits per heavy atom. The van der Waals surface area contributed by atoms with Gasteiger partial charge in [0.25, 0.3) is 0 Å². The maximum absolute atomic E-state index is 6.33. The molecule has 6 heteroatoms. The molecule has 0 radical (unpaired) electrons. The van der Waals surface area contributed by atoms with Gasteiger partial charge in [0.05, 0.1) is 12.8 Å². The number of ether oxygens (including phenoxy) is 3. The molecule has 0 bridgehead atoms. The highest BCUT2D eigenvalue weighted by molar-refractivity contribution is 5.71. The standard InChI is InChI=1S/C21H21N3O3/c1-25-20-9-3-7-18(24-20)16-6-2-8-19-21(16)27-15(13-26-19)11-17(22)14-5-4-10-23-12-14/h2-10,12,15,17H,11,13,22H2,1H3. The van der Waals surface area contributed by atoms with Gasteiger partial charge in [-0.3, -0.25) is 4.98 Å². The zero-order valence-electron chi connectivity index (χ0n) is 15.0. The number of pyridine rings is 2. The second kappa shape index (κ2) is 7.63. The van der Waals surface area contributed by atoms with Crippen molar-refractivity contribution in [2.45, 2.75) is 18.6 Å². The molecule has 1 aromatic carbocycles. The SMILES string of the molecule is COc1cccc(-c2cccc3c2OC(CC(N)c2cccnc2)CO3)n1. The average Bonchev–Trinajstić information content (AvgIpc) is 2.74. The van der Waals surface area contributed by atoms with E-state index in [0.717, 1.165) is 16.8 Å². The molecule has 4 rings (SSSR count). The fourth-order valence-corrected chi connectivity index (χ4v) is 3.15. The monoisotopic (exact) mass is 363 g/mol. The third-order valence-corrected chi connectivity index (χ3v) is 4.53. The summed E-state index contributed by atoms with van der Waals surface area (Å²) < 4.78 is 17.5. The molecule has 0 saturated heterocycles. The van der Waals surface area contributed by atoms with E-state index in [1.807, 2.05) is 48.5 Å². The molecule has 1 aliphatic rings. The predicted molar refractivity (Wildman–Crippen MR) is 102 cm³/mol. The van der Waals surface area contributed by atoms with E-state index in [1.54, 1.807) is 19.5 Å². The maximum Gasteiger partial charge on any atom is 0.213 e. The molecule has 0 fully saturated rings. The van der Waals surface area contributed by atoms with Gasteiger partial charge in [-0.15, -0.1) is 0 Å². The fraction of sp³-hybridized carbons (Fsp3) is 0.238. The molecule has 1 aliphatic heterocycles. The maximum atomic E-state index is 6.33. The van der Waals surface area contributed by atoms with Gasteiger partial charge in [-0.05, 0) is 29.8 Å². The van der Waals surface area contributed by atoms with Crippen molar-refractivity contribution in [2.24, 2.45) is 5.73 Å². The number of methoxy groups -OCH3 is 1. The van der Waals surface area contributed by atoms with Crippen LogP contribution < -0.4 is 19.9 Å². The third kappa shape index (κ3) is 3.71. The Hall–Kier alpha value is -3.12.